The van der Waals surface area contributed by atoms with Crippen molar-refractivity contribution in [1.29, 1.82) is 5.26 Å². The summed E-state index contributed by atoms with van der Waals surface area (Å²) in [4.78, 5) is 9.37. The van der Waals surface area contributed by atoms with Crippen LogP contribution in [0.15, 0.2) is 30.5 Å². The second-order valence-electron chi connectivity index (χ2n) is 6.32. The molecule has 1 N–H and O–H groups in total. The molecule has 0 aliphatic carbocycles. The summed E-state index contributed by atoms with van der Waals surface area (Å²) in [5.41, 5.74) is 2.70. The van der Waals surface area contributed by atoms with Crippen LogP contribution in [0.2, 0.25) is 0 Å². The lowest BCUT2D eigenvalue weighted by Crippen LogP contribution is -2.51. The predicted molar refractivity (Wildman–Crippen MR) is 91.5 cm³/mol. The monoisotopic (exact) mass is 307 g/mol. The Morgan fingerprint density at radius 1 is 1.17 bits per heavy atom. The average Bonchev–Trinajstić information content (AvgIpc) is 3.15. The molecule has 3 heterocycles. The van der Waals surface area contributed by atoms with Crippen molar-refractivity contribution in [3.05, 3.63) is 36.0 Å². The molecule has 2 fully saturated rings. The fourth-order valence-electron chi connectivity index (χ4n) is 3.81. The van der Waals surface area contributed by atoms with Gasteiger partial charge in [-0.2, -0.15) is 5.26 Å². The van der Waals surface area contributed by atoms with E-state index in [1.54, 1.807) is 6.20 Å². The van der Waals surface area contributed by atoms with E-state index in [1.165, 1.54) is 6.42 Å². The number of hydrogen-bond donors (Lipinski definition) is 1. The van der Waals surface area contributed by atoms with Gasteiger partial charge in [-0.25, -0.2) is 0 Å². The number of fused-ring (bicyclic) bond motifs is 1. The van der Waals surface area contributed by atoms with Gasteiger partial charge in [-0.15, -0.1) is 0 Å². The normalized spacial score (nSPS) is 22.4. The third kappa shape index (κ3) is 2.65. The van der Waals surface area contributed by atoms with E-state index >= 15 is 0 Å². The lowest BCUT2D eigenvalue weighted by atomic mass is 10.1. The maximum absolute atomic E-state index is 9.50. The van der Waals surface area contributed by atoms with Crippen molar-refractivity contribution in [1.82, 2.24) is 15.2 Å². The molecule has 118 valence electrons. The highest BCUT2D eigenvalue weighted by Crippen LogP contribution is 2.30. The van der Waals surface area contributed by atoms with Gasteiger partial charge in [0.1, 0.15) is 6.07 Å². The van der Waals surface area contributed by atoms with E-state index < -0.39 is 0 Å². The maximum Gasteiger partial charge on any atom is 0.103 e. The van der Waals surface area contributed by atoms with Crippen LogP contribution in [0.3, 0.4) is 0 Å². The minimum absolute atomic E-state index is 0.680. The van der Waals surface area contributed by atoms with Crippen molar-refractivity contribution in [2.24, 2.45) is 0 Å². The van der Waals surface area contributed by atoms with Gasteiger partial charge in [0, 0.05) is 50.3 Å². The number of piperazine rings is 1. The lowest BCUT2D eigenvalue weighted by molar-refractivity contribution is 0.196. The first kappa shape index (κ1) is 14.4. The second-order valence-corrected chi connectivity index (χ2v) is 6.32. The Balaban J connectivity index is 1.61. The first-order chi connectivity index (χ1) is 11.4. The summed E-state index contributed by atoms with van der Waals surface area (Å²) >= 11 is 0. The van der Waals surface area contributed by atoms with Crippen molar-refractivity contribution in [3.8, 4) is 6.07 Å². The second kappa shape index (κ2) is 6.15. The zero-order chi connectivity index (χ0) is 15.6. The molecule has 0 radical (unpaired) electrons. The molecule has 1 aromatic carbocycles. The van der Waals surface area contributed by atoms with Gasteiger partial charge in [-0.1, -0.05) is 18.2 Å². The van der Waals surface area contributed by atoms with E-state index in [0.717, 1.165) is 55.9 Å². The number of pyridine rings is 1. The summed E-state index contributed by atoms with van der Waals surface area (Å²) in [7, 11) is 0. The highest BCUT2D eigenvalue weighted by Gasteiger charge is 2.27. The van der Waals surface area contributed by atoms with E-state index in [2.05, 4.69) is 32.2 Å². The minimum Gasteiger partial charge on any atom is -0.367 e. The maximum atomic E-state index is 9.50. The van der Waals surface area contributed by atoms with Crippen molar-refractivity contribution in [2.45, 2.75) is 12.5 Å². The zero-order valence-corrected chi connectivity index (χ0v) is 13.2. The van der Waals surface area contributed by atoms with Crippen LogP contribution in [0.25, 0.3) is 10.9 Å². The van der Waals surface area contributed by atoms with Crippen molar-refractivity contribution >= 4 is 16.6 Å². The fourth-order valence-corrected chi connectivity index (χ4v) is 3.81. The highest BCUT2D eigenvalue weighted by atomic mass is 15.3. The van der Waals surface area contributed by atoms with Crippen molar-refractivity contribution in [3.63, 3.8) is 0 Å². The Morgan fingerprint density at radius 3 is 2.74 bits per heavy atom. The number of nitrogens with one attached hydrogen (secondary N) is 1. The fraction of sp³-hybridized carbons (Fsp3) is 0.444. The molecule has 1 atom stereocenters. The standard InChI is InChI=1S/C18H21N5/c19-11-14-12-21-17-4-2-1-3-16(17)18(14)23-9-7-22(8-10-23)15-5-6-20-13-15/h1-4,12,15,20H,5-10,13H2. The summed E-state index contributed by atoms with van der Waals surface area (Å²) in [6.45, 7) is 6.32. The number of nitriles is 1. The molecule has 2 aliphatic heterocycles. The van der Waals surface area contributed by atoms with Gasteiger partial charge in [-0.05, 0) is 19.0 Å². The van der Waals surface area contributed by atoms with Crippen LogP contribution in [0.5, 0.6) is 0 Å². The number of rotatable bonds is 2. The lowest BCUT2D eigenvalue weighted by Gasteiger charge is -2.39. The average molecular weight is 307 g/mol. The van der Waals surface area contributed by atoms with Gasteiger partial charge < -0.3 is 10.2 Å². The molecule has 0 bridgehead atoms. The predicted octanol–water partition coefficient (Wildman–Crippen LogP) is 1.59. The summed E-state index contributed by atoms with van der Waals surface area (Å²) in [5.74, 6) is 0. The van der Waals surface area contributed by atoms with Crippen LogP contribution >= 0.6 is 0 Å². The largest absolute Gasteiger partial charge is 0.367 e. The number of nitrogens with zero attached hydrogens (tertiary/aromatic N) is 4. The first-order valence-corrected chi connectivity index (χ1v) is 8.34. The zero-order valence-electron chi connectivity index (χ0n) is 13.2. The number of benzene rings is 1. The molecule has 1 unspecified atom stereocenters. The number of aromatic nitrogens is 1. The SMILES string of the molecule is N#Cc1cnc2ccccc2c1N1CCN(C2CCNC2)CC1. The summed E-state index contributed by atoms with van der Waals surface area (Å²) in [6, 6.07) is 11.1. The molecule has 2 aromatic rings. The molecule has 23 heavy (non-hydrogen) atoms. The Labute approximate surface area is 136 Å². The molecule has 5 heteroatoms. The van der Waals surface area contributed by atoms with E-state index in [4.69, 9.17) is 0 Å². The molecule has 0 spiro atoms. The Hall–Kier alpha value is -2.16. The Morgan fingerprint density at radius 2 is 2.00 bits per heavy atom. The third-order valence-corrected chi connectivity index (χ3v) is 5.05. The summed E-state index contributed by atoms with van der Waals surface area (Å²) in [6.07, 6.45) is 2.96. The van der Waals surface area contributed by atoms with Gasteiger partial charge in [0.05, 0.1) is 16.8 Å². The topological polar surface area (TPSA) is 55.2 Å². The molecule has 4 rings (SSSR count). The number of anilines is 1. The van der Waals surface area contributed by atoms with E-state index in [-0.39, 0.29) is 0 Å². The molecule has 1 aromatic heterocycles. The summed E-state index contributed by atoms with van der Waals surface area (Å²) < 4.78 is 0. The van der Waals surface area contributed by atoms with Gasteiger partial charge in [0.15, 0.2) is 0 Å². The van der Waals surface area contributed by atoms with E-state index in [0.29, 0.717) is 11.6 Å². The Bertz CT molecular complexity index is 737. The third-order valence-electron chi connectivity index (χ3n) is 5.05. The summed E-state index contributed by atoms with van der Waals surface area (Å²) in [5, 5.41) is 14.0. The molecular formula is C18H21N5. The van der Waals surface area contributed by atoms with Crippen LogP contribution in [0.1, 0.15) is 12.0 Å². The molecule has 2 saturated heterocycles. The van der Waals surface area contributed by atoms with E-state index in [1.807, 2.05) is 18.2 Å². The van der Waals surface area contributed by atoms with Crippen molar-refractivity contribution < 1.29 is 0 Å². The van der Waals surface area contributed by atoms with Gasteiger partial charge in [-0.3, -0.25) is 9.88 Å². The van der Waals surface area contributed by atoms with Crippen LogP contribution in [0.4, 0.5) is 5.69 Å². The van der Waals surface area contributed by atoms with Gasteiger partial charge in [0.25, 0.3) is 0 Å². The van der Waals surface area contributed by atoms with Gasteiger partial charge >= 0.3 is 0 Å². The number of para-hydroxylation sites is 1. The molecule has 2 aliphatic rings. The van der Waals surface area contributed by atoms with Crippen LogP contribution in [0, 0.1) is 11.3 Å². The highest BCUT2D eigenvalue weighted by molar-refractivity contribution is 5.94. The Kier molecular flexibility index (Phi) is 3.86. The molecular weight excluding hydrogens is 286 g/mol. The minimum atomic E-state index is 0.680. The van der Waals surface area contributed by atoms with Crippen LogP contribution < -0.4 is 10.2 Å². The quantitative estimate of drug-likeness (QED) is 0.913. The first-order valence-electron chi connectivity index (χ1n) is 8.34. The van der Waals surface area contributed by atoms with Crippen LogP contribution in [-0.2, 0) is 0 Å². The number of hydrogen-bond acceptors (Lipinski definition) is 5. The van der Waals surface area contributed by atoms with Crippen molar-refractivity contribution in [2.75, 3.05) is 44.2 Å². The smallest absolute Gasteiger partial charge is 0.103 e. The van der Waals surface area contributed by atoms with Gasteiger partial charge in [0.2, 0.25) is 0 Å². The van der Waals surface area contributed by atoms with Crippen LogP contribution in [-0.4, -0.2) is 55.2 Å². The molecule has 5 nitrogen and oxygen atoms in total. The molecule has 0 amide bonds. The molecule has 0 saturated carbocycles. The van der Waals surface area contributed by atoms with E-state index in [9.17, 15) is 5.26 Å².